The minimum absolute atomic E-state index is 0.193. The normalized spacial score (nSPS) is 11.4. The smallest absolute Gasteiger partial charge is 0.296 e. The van der Waals surface area contributed by atoms with Gasteiger partial charge in [0, 0.05) is 5.56 Å². The minimum atomic E-state index is -4.57. The highest BCUT2D eigenvalue weighted by Crippen LogP contribution is 2.33. The molecule has 0 aliphatic heterocycles. The maximum atomic E-state index is 12.5. The number of hydrogen-bond donors (Lipinski definition) is 1. The minimum Gasteiger partial charge on any atom is -0.296 e. The zero-order valence-electron chi connectivity index (χ0n) is 13.7. The zero-order valence-corrected chi connectivity index (χ0v) is 14.5. The van der Waals surface area contributed by atoms with Gasteiger partial charge < -0.3 is 0 Å². The molecule has 26 heavy (non-hydrogen) atoms. The van der Waals surface area contributed by atoms with E-state index < -0.39 is 17.1 Å². The molecule has 1 amide bonds. The second-order valence-corrected chi connectivity index (χ2v) is 6.47. The van der Waals surface area contributed by atoms with Crippen molar-refractivity contribution < 1.29 is 18.0 Å². The topological polar surface area (TPSA) is 54.9 Å². The van der Waals surface area contributed by atoms with Gasteiger partial charge in [-0.15, -0.1) is 10.2 Å². The molecular formula is C18H14F3N3OS. The number of carbonyl (C=O) groups is 1. The first-order valence-electron chi connectivity index (χ1n) is 7.78. The van der Waals surface area contributed by atoms with Crippen molar-refractivity contribution >= 4 is 22.4 Å². The highest BCUT2D eigenvalue weighted by atomic mass is 32.1. The molecule has 0 radical (unpaired) electrons. The number of amides is 1. The lowest BCUT2D eigenvalue weighted by Gasteiger charge is -2.05. The Kier molecular flexibility index (Phi) is 5.03. The second-order valence-electron chi connectivity index (χ2n) is 5.49. The van der Waals surface area contributed by atoms with Gasteiger partial charge in [0.05, 0.1) is 0 Å². The fourth-order valence-electron chi connectivity index (χ4n) is 2.30. The average molecular weight is 377 g/mol. The number of alkyl halides is 3. The first-order chi connectivity index (χ1) is 12.4. The molecule has 1 heterocycles. The van der Waals surface area contributed by atoms with Gasteiger partial charge >= 0.3 is 6.18 Å². The van der Waals surface area contributed by atoms with E-state index in [0.717, 1.165) is 17.5 Å². The van der Waals surface area contributed by atoms with E-state index in [1.165, 1.54) is 5.56 Å². The summed E-state index contributed by atoms with van der Waals surface area (Å²) in [6.07, 6.45) is -3.61. The van der Waals surface area contributed by atoms with Crippen molar-refractivity contribution in [3.8, 4) is 11.1 Å². The summed E-state index contributed by atoms with van der Waals surface area (Å²) in [5.74, 6) is -0.539. The summed E-state index contributed by atoms with van der Waals surface area (Å²) in [5, 5.41) is 7.42. The van der Waals surface area contributed by atoms with Gasteiger partial charge in [0.1, 0.15) is 0 Å². The zero-order chi connectivity index (χ0) is 18.7. The molecule has 2 aromatic carbocycles. The molecular weight excluding hydrogens is 363 g/mol. The summed E-state index contributed by atoms with van der Waals surface area (Å²) in [6.45, 7) is 2.08. The Hall–Kier alpha value is -2.74. The third-order valence-corrected chi connectivity index (χ3v) is 4.61. The summed E-state index contributed by atoms with van der Waals surface area (Å²) >= 11 is 0.287. The number of nitrogens with one attached hydrogen (secondary N) is 1. The van der Waals surface area contributed by atoms with Gasteiger partial charge in [-0.2, -0.15) is 13.2 Å². The molecule has 0 atom stereocenters. The van der Waals surface area contributed by atoms with Gasteiger partial charge in [-0.1, -0.05) is 54.7 Å². The molecule has 3 rings (SSSR count). The molecule has 0 fully saturated rings. The van der Waals surface area contributed by atoms with Crippen LogP contribution in [0.5, 0.6) is 0 Å². The van der Waals surface area contributed by atoms with Crippen LogP contribution in [-0.2, 0) is 12.6 Å². The second kappa shape index (κ2) is 7.25. The van der Waals surface area contributed by atoms with Crippen LogP contribution >= 0.6 is 11.3 Å². The maximum absolute atomic E-state index is 12.5. The number of benzene rings is 2. The van der Waals surface area contributed by atoms with Crippen molar-refractivity contribution in [2.75, 3.05) is 5.32 Å². The Morgan fingerprint density at radius 3 is 2.08 bits per heavy atom. The third kappa shape index (κ3) is 4.08. The van der Waals surface area contributed by atoms with E-state index in [2.05, 4.69) is 22.4 Å². The monoisotopic (exact) mass is 377 g/mol. The van der Waals surface area contributed by atoms with Gasteiger partial charge in [-0.05, 0) is 35.2 Å². The number of aromatic nitrogens is 2. The quantitative estimate of drug-likeness (QED) is 0.693. The standard InChI is InChI=1S/C18H14F3N3OS/c1-2-11-3-5-12(6-4-11)13-7-9-14(10-8-13)15(25)22-17-24-23-16(26-17)18(19,20)21/h3-10H,2H2,1H3,(H,22,24,25). The third-order valence-electron chi connectivity index (χ3n) is 3.73. The summed E-state index contributed by atoms with van der Waals surface area (Å²) in [7, 11) is 0. The maximum Gasteiger partial charge on any atom is 0.445 e. The fourth-order valence-corrected chi connectivity index (χ4v) is 2.91. The van der Waals surface area contributed by atoms with Crippen LogP contribution in [0.2, 0.25) is 0 Å². The van der Waals surface area contributed by atoms with E-state index in [-0.39, 0.29) is 16.5 Å². The van der Waals surface area contributed by atoms with Gasteiger partial charge in [0.15, 0.2) is 0 Å². The molecule has 4 nitrogen and oxygen atoms in total. The summed E-state index contributed by atoms with van der Waals surface area (Å²) < 4.78 is 37.5. The van der Waals surface area contributed by atoms with Crippen molar-refractivity contribution in [2.45, 2.75) is 19.5 Å². The molecule has 0 saturated heterocycles. The van der Waals surface area contributed by atoms with Crippen molar-refractivity contribution in [1.82, 2.24) is 10.2 Å². The highest BCUT2D eigenvalue weighted by molar-refractivity contribution is 7.15. The van der Waals surface area contributed by atoms with Crippen LogP contribution in [0.1, 0.15) is 27.9 Å². The van der Waals surface area contributed by atoms with E-state index in [1.807, 2.05) is 24.3 Å². The van der Waals surface area contributed by atoms with Crippen molar-refractivity contribution in [3.05, 3.63) is 64.7 Å². The Labute approximate surface area is 151 Å². The molecule has 8 heteroatoms. The first kappa shape index (κ1) is 18.1. The Bertz CT molecular complexity index is 903. The number of halogens is 3. The molecule has 0 bridgehead atoms. The molecule has 1 N–H and O–H groups in total. The van der Waals surface area contributed by atoms with E-state index in [4.69, 9.17) is 0 Å². The average Bonchev–Trinajstić information content (AvgIpc) is 3.11. The molecule has 0 unspecified atom stereocenters. The van der Waals surface area contributed by atoms with Gasteiger partial charge in [-0.3, -0.25) is 10.1 Å². The molecule has 0 aliphatic rings. The summed E-state index contributed by atoms with van der Waals surface area (Å²) in [4.78, 5) is 12.2. The summed E-state index contributed by atoms with van der Waals surface area (Å²) in [5.41, 5.74) is 3.52. The van der Waals surface area contributed by atoms with Crippen LogP contribution in [-0.4, -0.2) is 16.1 Å². The van der Waals surface area contributed by atoms with Gasteiger partial charge in [-0.25, -0.2) is 0 Å². The molecule has 0 aliphatic carbocycles. The number of nitrogens with zero attached hydrogens (tertiary/aromatic N) is 2. The lowest BCUT2D eigenvalue weighted by atomic mass is 10.0. The molecule has 3 aromatic rings. The lowest BCUT2D eigenvalue weighted by Crippen LogP contribution is -2.11. The lowest BCUT2D eigenvalue weighted by molar-refractivity contribution is -0.138. The van der Waals surface area contributed by atoms with Crippen LogP contribution in [0.25, 0.3) is 11.1 Å². The van der Waals surface area contributed by atoms with Crippen LogP contribution in [0.3, 0.4) is 0 Å². The SMILES string of the molecule is CCc1ccc(-c2ccc(C(=O)Nc3nnc(C(F)(F)F)s3)cc2)cc1. The van der Waals surface area contributed by atoms with Crippen LogP contribution in [0, 0.1) is 0 Å². The van der Waals surface area contributed by atoms with Gasteiger partial charge in [0.25, 0.3) is 5.91 Å². The molecule has 0 saturated carbocycles. The highest BCUT2D eigenvalue weighted by Gasteiger charge is 2.35. The van der Waals surface area contributed by atoms with Crippen molar-refractivity contribution in [3.63, 3.8) is 0 Å². The molecule has 0 spiro atoms. The first-order valence-corrected chi connectivity index (χ1v) is 8.60. The van der Waals surface area contributed by atoms with E-state index in [1.54, 1.807) is 24.3 Å². The van der Waals surface area contributed by atoms with Crippen LogP contribution in [0.15, 0.2) is 48.5 Å². The number of hydrogen-bond acceptors (Lipinski definition) is 4. The Morgan fingerprint density at radius 2 is 1.58 bits per heavy atom. The number of aryl methyl sites for hydroxylation is 1. The fraction of sp³-hybridized carbons (Fsp3) is 0.167. The van der Waals surface area contributed by atoms with E-state index >= 15 is 0 Å². The largest absolute Gasteiger partial charge is 0.445 e. The predicted octanol–water partition coefficient (Wildman–Crippen LogP) is 5.04. The van der Waals surface area contributed by atoms with Gasteiger partial charge in [0.2, 0.25) is 10.1 Å². The molecule has 1 aromatic heterocycles. The number of anilines is 1. The predicted molar refractivity (Wildman–Crippen MR) is 94.1 cm³/mol. The van der Waals surface area contributed by atoms with Crippen molar-refractivity contribution in [1.29, 1.82) is 0 Å². The van der Waals surface area contributed by atoms with E-state index in [9.17, 15) is 18.0 Å². The van der Waals surface area contributed by atoms with E-state index in [0.29, 0.717) is 5.56 Å². The molecule has 134 valence electrons. The number of rotatable bonds is 4. The van der Waals surface area contributed by atoms with Crippen molar-refractivity contribution in [2.24, 2.45) is 0 Å². The number of carbonyl (C=O) groups excluding carboxylic acids is 1. The van der Waals surface area contributed by atoms with Crippen LogP contribution < -0.4 is 5.32 Å². The Morgan fingerprint density at radius 1 is 1.00 bits per heavy atom. The van der Waals surface area contributed by atoms with Crippen LogP contribution in [0.4, 0.5) is 18.3 Å². The summed E-state index contributed by atoms with van der Waals surface area (Å²) in [6, 6.07) is 14.9. The Balaban J connectivity index is 1.71.